The van der Waals surface area contributed by atoms with Crippen molar-refractivity contribution < 1.29 is 9.90 Å². The fraction of sp³-hybridized carbons (Fsp3) is 0.941. The van der Waals surface area contributed by atoms with Crippen LogP contribution >= 0.6 is 11.8 Å². The number of piperidine rings is 1. The van der Waals surface area contributed by atoms with Crippen LogP contribution in [0, 0.1) is 11.8 Å². The van der Waals surface area contributed by atoms with E-state index in [1.165, 1.54) is 12.2 Å². The molecule has 1 aliphatic carbocycles. The molecule has 22 heavy (non-hydrogen) atoms. The van der Waals surface area contributed by atoms with Gasteiger partial charge in [0.05, 0.1) is 5.60 Å². The predicted octanol–water partition coefficient (Wildman–Crippen LogP) is 3.10. The van der Waals surface area contributed by atoms with E-state index in [1.54, 1.807) is 0 Å². The third kappa shape index (κ3) is 5.05. The molecule has 2 amide bonds. The molecule has 0 aromatic rings. The number of amides is 2. The van der Waals surface area contributed by atoms with E-state index in [0.29, 0.717) is 6.54 Å². The number of thioether (sulfide) groups is 1. The quantitative estimate of drug-likeness (QED) is 0.737. The van der Waals surface area contributed by atoms with Crippen LogP contribution in [0.1, 0.15) is 52.4 Å². The molecule has 1 aliphatic heterocycles. The van der Waals surface area contributed by atoms with Crippen LogP contribution in [0.15, 0.2) is 0 Å². The minimum atomic E-state index is -0.498. The van der Waals surface area contributed by atoms with Gasteiger partial charge in [-0.05, 0) is 43.1 Å². The molecule has 2 fully saturated rings. The zero-order chi connectivity index (χ0) is 16.0. The molecule has 2 N–H and O–H groups in total. The molecule has 1 saturated carbocycles. The van der Waals surface area contributed by atoms with E-state index in [9.17, 15) is 9.90 Å². The van der Waals surface area contributed by atoms with E-state index in [1.807, 2.05) is 16.7 Å². The lowest BCUT2D eigenvalue weighted by molar-refractivity contribution is -0.0870. The monoisotopic (exact) mass is 328 g/mol. The van der Waals surface area contributed by atoms with Gasteiger partial charge in [-0.25, -0.2) is 4.79 Å². The molecule has 0 aromatic carbocycles. The number of nitrogens with zero attached hydrogens (tertiary/aromatic N) is 1. The molecule has 128 valence electrons. The van der Waals surface area contributed by atoms with Crippen LogP contribution in [0.2, 0.25) is 0 Å². The number of hydrogen-bond donors (Lipinski definition) is 2. The standard InChI is InChI=1S/C17H32N2O2S/c1-14(2)13-22-11-5-9-18-16(20)19-10-8-17(21)7-4-3-6-15(17)12-19/h14-15,21H,3-13H2,1-2H3,(H,18,20). The van der Waals surface area contributed by atoms with Gasteiger partial charge in [-0.1, -0.05) is 26.7 Å². The Labute approximate surface area is 139 Å². The fourth-order valence-electron chi connectivity index (χ4n) is 3.56. The van der Waals surface area contributed by atoms with Gasteiger partial charge in [0.15, 0.2) is 0 Å². The topological polar surface area (TPSA) is 52.6 Å². The first-order valence-electron chi connectivity index (χ1n) is 8.84. The van der Waals surface area contributed by atoms with E-state index < -0.39 is 5.60 Å². The van der Waals surface area contributed by atoms with E-state index in [-0.39, 0.29) is 11.9 Å². The Hall–Kier alpha value is -0.420. The predicted molar refractivity (Wildman–Crippen MR) is 93.3 cm³/mol. The van der Waals surface area contributed by atoms with Crippen LogP contribution in [0.4, 0.5) is 4.79 Å². The number of likely N-dealkylation sites (tertiary alicyclic amines) is 1. The highest BCUT2D eigenvalue weighted by Gasteiger charge is 2.43. The minimum absolute atomic E-state index is 0.0569. The summed E-state index contributed by atoms with van der Waals surface area (Å²) in [5.41, 5.74) is -0.498. The molecule has 0 radical (unpaired) electrons. The van der Waals surface area contributed by atoms with Gasteiger partial charge >= 0.3 is 6.03 Å². The molecule has 2 unspecified atom stereocenters. The zero-order valence-electron chi connectivity index (χ0n) is 14.1. The van der Waals surface area contributed by atoms with Gasteiger partial charge in [0.2, 0.25) is 0 Å². The zero-order valence-corrected chi connectivity index (χ0v) is 15.0. The summed E-state index contributed by atoms with van der Waals surface area (Å²) >= 11 is 1.96. The Morgan fingerprint density at radius 3 is 3.00 bits per heavy atom. The Morgan fingerprint density at radius 1 is 1.41 bits per heavy atom. The van der Waals surface area contributed by atoms with Crippen molar-refractivity contribution in [3.63, 3.8) is 0 Å². The van der Waals surface area contributed by atoms with Crippen molar-refractivity contribution in [3.05, 3.63) is 0 Å². The maximum absolute atomic E-state index is 12.2. The van der Waals surface area contributed by atoms with Crippen LogP contribution < -0.4 is 5.32 Å². The van der Waals surface area contributed by atoms with E-state index in [2.05, 4.69) is 19.2 Å². The van der Waals surface area contributed by atoms with Crippen molar-refractivity contribution >= 4 is 17.8 Å². The molecule has 0 aromatic heterocycles. The van der Waals surface area contributed by atoms with Crippen molar-refractivity contribution in [1.82, 2.24) is 10.2 Å². The van der Waals surface area contributed by atoms with Crippen molar-refractivity contribution in [2.45, 2.75) is 58.0 Å². The number of carbonyl (C=O) groups excluding carboxylic acids is 1. The SMILES string of the molecule is CC(C)CSCCCNC(=O)N1CCC2(O)CCCCC2C1. The van der Waals surface area contributed by atoms with Crippen molar-refractivity contribution in [2.75, 3.05) is 31.1 Å². The van der Waals surface area contributed by atoms with Gasteiger partial charge in [0, 0.05) is 25.6 Å². The smallest absolute Gasteiger partial charge is 0.317 e. The number of nitrogens with one attached hydrogen (secondary N) is 1. The van der Waals surface area contributed by atoms with Crippen LogP contribution in [0.5, 0.6) is 0 Å². The van der Waals surface area contributed by atoms with Gasteiger partial charge in [-0.2, -0.15) is 11.8 Å². The molecule has 2 atom stereocenters. The first kappa shape index (κ1) is 17.9. The molecular formula is C17H32N2O2S. The highest BCUT2D eigenvalue weighted by atomic mass is 32.2. The Morgan fingerprint density at radius 2 is 2.23 bits per heavy atom. The summed E-state index contributed by atoms with van der Waals surface area (Å²) in [6.45, 7) is 6.65. The molecule has 1 heterocycles. The highest BCUT2D eigenvalue weighted by molar-refractivity contribution is 7.99. The second-order valence-electron chi connectivity index (χ2n) is 7.30. The molecule has 4 nitrogen and oxygen atoms in total. The molecule has 1 saturated heterocycles. The van der Waals surface area contributed by atoms with Crippen molar-refractivity contribution in [2.24, 2.45) is 11.8 Å². The number of carbonyl (C=O) groups is 1. The lowest BCUT2D eigenvalue weighted by atomic mass is 9.71. The van der Waals surface area contributed by atoms with Gasteiger partial charge in [-0.15, -0.1) is 0 Å². The number of fused-ring (bicyclic) bond motifs is 1. The summed E-state index contributed by atoms with van der Waals surface area (Å²) in [6, 6.07) is 0.0569. The maximum atomic E-state index is 12.2. The van der Waals surface area contributed by atoms with Gasteiger partial charge in [-0.3, -0.25) is 0 Å². The van der Waals surface area contributed by atoms with E-state index >= 15 is 0 Å². The number of rotatable bonds is 6. The average Bonchev–Trinajstić information content (AvgIpc) is 2.49. The molecular weight excluding hydrogens is 296 g/mol. The normalized spacial score (nSPS) is 28.5. The Bertz CT molecular complexity index is 365. The van der Waals surface area contributed by atoms with Gasteiger partial charge in [0.25, 0.3) is 0 Å². The van der Waals surface area contributed by atoms with Crippen molar-refractivity contribution in [1.29, 1.82) is 0 Å². The summed E-state index contributed by atoms with van der Waals surface area (Å²) in [5, 5.41) is 13.7. The molecule has 5 heteroatoms. The summed E-state index contributed by atoms with van der Waals surface area (Å²) in [7, 11) is 0. The highest BCUT2D eigenvalue weighted by Crippen LogP contribution is 2.39. The Kier molecular flexibility index (Phi) is 6.87. The average molecular weight is 329 g/mol. The molecule has 0 bridgehead atoms. The van der Waals surface area contributed by atoms with E-state index in [4.69, 9.17) is 0 Å². The number of aliphatic hydroxyl groups is 1. The van der Waals surface area contributed by atoms with Crippen LogP contribution in [0.25, 0.3) is 0 Å². The third-order valence-electron chi connectivity index (χ3n) is 4.91. The minimum Gasteiger partial charge on any atom is -0.389 e. The first-order valence-corrected chi connectivity index (χ1v) is 9.99. The van der Waals surface area contributed by atoms with E-state index in [0.717, 1.165) is 56.9 Å². The lowest BCUT2D eigenvalue weighted by Gasteiger charge is -2.47. The summed E-state index contributed by atoms with van der Waals surface area (Å²) in [4.78, 5) is 14.2. The fourth-order valence-corrected chi connectivity index (χ4v) is 4.54. The summed E-state index contributed by atoms with van der Waals surface area (Å²) < 4.78 is 0. The molecule has 2 aliphatic rings. The Balaban J connectivity index is 1.64. The van der Waals surface area contributed by atoms with Gasteiger partial charge in [0.1, 0.15) is 0 Å². The van der Waals surface area contributed by atoms with Crippen LogP contribution in [0.3, 0.4) is 0 Å². The second kappa shape index (κ2) is 8.44. The molecule has 0 spiro atoms. The summed E-state index contributed by atoms with van der Waals surface area (Å²) in [6.07, 6.45) is 6.08. The lowest BCUT2D eigenvalue weighted by Crippen LogP contribution is -2.56. The first-order chi connectivity index (χ1) is 10.5. The van der Waals surface area contributed by atoms with Crippen LogP contribution in [-0.2, 0) is 0 Å². The largest absolute Gasteiger partial charge is 0.389 e. The number of hydrogen-bond acceptors (Lipinski definition) is 3. The third-order valence-corrected chi connectivity index (χ3v) is 6.39. The second-order valence-corrected chi connectivity index (χ2v) is 8.45. The van der Waals surface area contributed by atoms with Gasteiger partial charge < -0.3 is 15.3 Å². The van der Waals surface area contributed by atoms with Crippen molar-refractivity contribution in [3.8, 4) is 0 Å². The molecule has 2 rings (SSSR count). The number of urea groups is 1. The van der Waals surface area contributed by atoms with Crippen LogP contribution in [-0.4, -0.2) is 52.8 Å². The summed E-state index contributed by atoms with van der Waals surface area (Å²) in [5.74, 6) is 3.32. The maximum Gasteiger partial charge on any atom is 0.317 e.